The Hall–Kier alpha value is -0.720. The smallest absolute Gasteiger partial charge is 0.381 e. The number of hydrogen-bond donors (Lipinski definition) is 0. The first-order chi connectivity index (χ1) is 9.90. The Kier molecular flexibility index (Phi) is 5.22. The van der Waals surface area contributed by atoms with E-state index in [0.29, 0.717) is 23.9 Å². The maximum absolute atomic E-state index is 6.30. The van der Waals surface area contributed by atoms with Gasteiger partial charge in [-0.2, -0.15) is 0 Å². The van der Waals surface area contributed by atoms with Crippen LogP contribution < -0.4 is 4.52 Å². The second-order valence-electron chi connectivity index (χ2n) is 4.27. The van der Waals surface area contributed by atoms with Crippen molar-refractivity contribution < 1.29 is 13.6 Å². The number of nitrogens with zero attached hydrogens (tertiary/aromatic N) is 3. The summed E-state index contributed by atoms with van der Waals surface area (Å²) in [6.45, 7) is 5.32. The number of fused-ring (bicyclic) bond motifs is 1. The Morgan fingerprint density at radius 1 is 1.29 bits per heavy atom. The van der Waals surface area contributed by atoms with Gasteiger partial charge in [-0.15, -0.1) is 5.10 Å². The highest BCUT2D eigenvalue weighted by atomic mass is 35.5. The van der Waals surface area contributed by atoms with Crippen molar-refractivity contribution in [3.05, 3.63) is 22.5 Å². The first-order valence-electron chi connectivity index (χ1n) is 6.51. The van der Waals surface area contributed by atoms with Gasteiger partial charge in [0.05, 0.1) is 13.2 Å². The fourth-order valence-corrected chi connectivity index (χ4v) is 4.09. The van der Waals surface area contributed by atoms with Crippen LogP contribution in [0.1, 0.15) is 25.2 Å². The van der Waals surface area contributed by atoms with Crippen molar-refractivity contribution in [2.24, 2.45) is 0 Å². The molecule has 0 fully saturated rings. The number of hydrogen-bond acceptors (Lipinski definition) is 6. The van der Waals surface area contributed by atoms with Gasteiger partial charge < -0.3 is 4.52 Å². The van der Waals surface area contributed by atoms with Crippen LogP contribution in [0.25, 0.3) is 5.65 Å². The predicted molar refractivity (Wildman–Crippen MR) is 85.6 cm³/mol. The third-order valence-corrected chi connectivity index (χ3v) is 5.31. The second-order valence-corrected chi connectivity index (χ2v) is 7.58. The first-order valence-corrected chi connectivity index (χ1v) is 9.44. The van der Waals surface area contributed by atoms with Gasteiger partial charge >= 0.3 is 6.72 Å². The lowest BCUT2D eigenvalue weighted by Crippen LogP contribution is -2.03. The zero-order valence-corrected chi connectivity index (χ0v) is 14.8. The molecule has 0 aromatic carbocycles. The van der Waals surface area contributed by atoms with E-state index in [9.17, 15) is 0 Å². The number of halogens is 1. The number of rotatable bonds is 6. The van der Waals surface area contributed by atoms with Crippen LogP contribution in [0.4, 0.5) is 0 Å². The molecule has 116 valence electrons. The van der Waals surface area contributed by atoms with Gasteiger partial charge in [-0.25, -0.2) is 9.50 Å². The lowest BCUT2D eigenvalue weighted by Gasteiger charge is -2.19. The molecule has 0 saturated heterocycles. The molecule has 2 aromatic rings. The molecule has 0 aliphatic carbocycles. The van der Waals surface area contributed by atoms with Gasteiger partial charge in [-0.05, 0) is 33.8 Å². The van der Waals surface area contributed by atoms with Crippen LogP contribution in [0.15, 0.2) is 6.07 Å². The van der Waals surface area contributed by atoms with E-state index in [4.69, 9.17) is 37.0 Å². The summed E-state index contributed by atoms with van der Waals surface area (Å²) < 4.78 is 18.1. The summed E-state index contributed by atoms with van der Waals surface area (Å²) >= 11 is 11.6. The summed E-state index contributed by atoms with van der Waals surface area (Å²) in [5.74, 6) is 0.183. The molecule has 0 aliphatic heterocycles. The Balaban J connectivity index is 2.45. The Labute approximate surface area is 133 Å². The van der Waals surface area contributed by atoms with Gasteiger partial charge in [0.15, 0.2) is 5.65 Å². The van der Waals surface area contributed by atoms with Gasteiger partial charge in [-0.3, -0.25) is 9.05 Å². The van der Waals surface area contributed by atoms with Crippen LogP contribution in [-0.2, 0) is 20.9 Å². The summed E-state index contributed by atoms with van der Waals surface area (Å²) in [7, 11) is 0. The van der Waals surface area contributed by atoms with E-state index in [1.807, 2.05) is 33.8 Å². The van der Waals surface area contributed by atoms with Crippen LogP contribution in [0, 0.1) is 13.8 Å². The van der Waals surface area contributed by atoms with Crippen molar-refractivity contribution in [2.45, 2.75) is 27.7 Å². The van der Waals surface area contributed by atoms with Crippen LogP contribution in [-0.4, -0.2) is 27.8 Å². The SMILES string of the molecule is CCOP(=S)(OCC)Oc1nn2c(C)cc(C)nc2c1Cl. The third kappa shape index (κ3) is 3.55. The molecule has 0 spiro atoms. The highest BCUT2D eigenvalue weighted by Gasteiger charge is 2.26. The molecule has 0 bridgehead atoms. The van der Waals surface area contributed by atoms with E-state index < -0.39 is 6.72 Å². The molecule has 6 nitrogen and oxygen atoms in total. The largest absolute Gasteiger partial charge is 0.402 e. The zero-order valence-electron chi connectivity index (χ0n) is 12.3. The maximum Gasteiger partial charge on any atom is 0.381 e. The summed E-state index contributed by atoms with van der Waals surface area (Å²) in [6, 6.07) is 1.90. The van der Waals surface area contributed by atoms with Gasteiger partial charge in [0.25, 0.3) is 5.88 Å². The second kappa shape index (κ2) is 6.58. The third-order valence-electron chi connectivity index (χ3n) is 2.58. The van der Waals surface area contributed by atoms with E-state index in [-0.39, 0.29) is 5.88 Å². The molecule has 0 unspecified atom stereocenters. The summed E-state index contributed by atoms with van der Waals surface area (Å²) in [4.78, 5) is 4.36. The molecule has 0 saturated carbocycles. The van der Waals surface area contributed by atoms with Crippen molar-refractivity contribution in [1.29, 1.82) is 0 Å². The molecule has 2 rings (SSSR count). The fourth-order valence-electron chi connectivity index (χ4n) is 1.85. The number of aryl methyl sites for hydroxylation is 2. The lowest BCUT2D eigenvalue weighted by atomic mass is 10.3. The van der Waals surface area contributed by atoms with Crippen molar-refractivity contribution in [3.8, 4) is 5.88 Å². The minimum Gasteiger partial charge on any atom is -0.402 e. The molecule has 0 atom stereocenters. The topological polar surface area (TPSA) is 57.9 Å². The van der Waals surface area contributed by atoms with Crippen LogP contribution in [0.3, 0.4) is 0 Å². The minimum absolute atomic E-state index is 0.183. The lowest BCUT2D eigenvalue weighted by molar-refractivity contribution is 0.216. The Morgan fingerprint density at radius 2 is 1.90 bits per heavy atom. The molecular weight excluding hydrogens is 333 g/mol. The average Bonchev–Trinajstić information content (AvgIpc) is 2.68. The normalized spacial score (nSPS) is 12.0. The molecule has 0 radical (unpaired) electrons. The average molecular weight is 350 g/mol. The van der Waals surface area contributed by atoms with Crippen molar-refractivity contribution in [2.75, 3.05) is 13.2 Å². The monoisotopic (exact) mass is 349 g/mol. The standard InChI is InChI=1S/C12H17ClN3O3PS/c1-5-17-20(21,18-6-2)19-12-10(13)11-14-8(3)7-9(4)16(11)15-12/h7H,5-6H2,1-4H3. The van der Waals surface area contributed by atoms with Crippen molar-refractivity contribution in [3.63, 3.8) is 0 Å². The van der Waals surface area contributed by atoms with Gasteiger partial charge in [0.1, 0.15) is 5.02 Å². The minimum atomic E-state index is -2.91. The van der Waals surface area contributed by atoms with Gasteiger partial charge in [-0.1, -0.05) is 11.6 Å². The van der Waals surface area contributed by atoms with Crippen LogP contribution in [0.2, 0.25) is 5.02 Å². The Morgan fingerprint density at radius 3 is 2.48 bits per heavy atom. The molecule has 21 heavy (non-hydrogen) atoms. The van der Waals surface area contributed by atoms with E-state index in [1.165, 1.54) is 0 Å². The highest BCUT2D eigenvalue weighted by molar-refractivity contribution is 8.07. The summed E-state index contributed by atoms with van der Waals surface area (Å²) in [5.41, 5.74) is 2.27. The van der Waals surface area contributed by atoms with Gasteiger partial charge in [0.2, 0.25) is 0 Å². The summed E-state index contributed by atoms with van der Waals surface area (Å²) in [5, 5.41) is 4.60. The van der Waals surface area contributed by atoms with Crippen LogP contribution in [0.5, 0.6) is 5.88 Å². The van der Waals surface area contributed by atoms with Gasteiger partial charge in [0, 0.05) is 23.2 Å². The van der Waals surface area contributed by atoms with Crippen molar-refractivity contribution in [1.82, 2.24) is 14.6 Å². The highest BCUT2D eigenvalue weighted by Crippen LogP contribution is 2.51. The maximum atomic E-state index is 6.30. The quantitative estimate of drug-likeness (QED) is 0.741. The first kappa shape index (κ1) is 16.6. The van der Waals surface area contributed by atoms with E-state index in [2.05, 4.69) is 10.1 Å². The predicted octanol–water partition coefficient (Wildman–Crippen LogP) is 3.68. The fraction of sp³-hybridized carbons (Fsp3) is 0.500. The van der Waals surface area contributed by atoms with Crippen molar-refractivity contribution >= 4 is 35.8 Å². The van der Waals surface area contributed by atoms with E-state index in [0.717, 1.165) is 11.4 Å². The molecule has 9 heteroatoms. The van der Waals surface area contributed by atoms with E-state index >= 15 is 0 Å². The molecule has 0 N–H and O–H groups in total. The molecule has 0 aliphatic rings. The molecule has 2 heterocycles. The van der Waals surface area contributed by atoms with E-state index in [1.54, 1.807) is 4.52 Å². The van der Waals surface area contributed by atoms with Crippen LogP contribution >= 0.6 is 18.3 Å². The molecule has 2 aromatic heterocycles. The zero-order chi connectivity index (χ0) is 15.6. The molecular formula is C12H17ClN3O3PS. The number of aromatic nitrogens is 3. The Bertz CT molecular complexity index is 697. The molecule has 0 amide bonds. The summed E-state index contributed by atoms with van der Waals surface area (Å²) in [6.07, 6.45) is 0.